The van der Waals surface area contributed by atoms with E-state index in [2.05, 4.69) is 62.1 Å². The minimum Gasteiger partial charge on any atom is -0.304 e. The second-order valence-electron chi connectivity index (χ2n) is 8.09. The second kappa shape index (κ2) is 4.86. The van der Waals surface area contributed by atoms with Crippen LogP contribution < -0.4 is 4.90 Å². The number of amides is 1. The minimum atomic E-state index is 0.120. The van der Waals surface area contributed by atoms with Gasteiger partial charge in [-0.3, -0.25) is 9.69 Å². The molecule has 1 aromatic carbocycles. The van der Waals surface area contributed by atoms with E-state index < -0.39 is 0 Å². The van der Waals surface area contributed by atoms with Crippen LogP contribution in [0.25, 0.3) is 0 Å². The molecule has 2 saturated heterocycles. The zero-order valence-electron chi connectivity index (χ0n) is 14.1. The Kier molecular flexibility index (Phi) is 2.87. The molecule has 1 saturated carbocycles. The van der Waals surface area contributed by atoms with Crippen LogP contribution in [0.4, 0.5) is 5.69 Å². The van der Waals surface area contributed by atoms with Crippen LogP contribution in [0.1, 0.15) is 24.8 Å². The number of benzene rings is 1. The van der Waals surface area contributed by atoms with Crippen LogP contribution in [0.5, 0.6) is 0 Å². The molecule has 1 aromatic rings. The predicted octanol–water partition coefficient (Wildman–Crippen LogP) is 3.40. The molecule has 4 heteroatoms. The molecule has 0 N–H and O–H groups in total. The molecule has 1 spiro atoms. The lowest BCUT2D eigenvalue weighted by molar-refractivity contribution is -0.118. The number of piperidine rings is 1. The van der Waals surface area contributed by atoms with Gasteiger partial charge in [0.2, 0.25) is 5.91 Å². The summed E-state index contributed by atoms with van der Waals surface area (Å²) in [6.07, 6.45) is 7.61. The summed E-state index contributed by atoms with van der Waals surface area (Å²) in [6.45, 7) is 2.25. The number of rotatable bonds is 1. The summed E-state index contributed by atoms with van der Waals surface area (Å²) in [7, 11) is 0. The summed E-state index contributed by atoms with van der Waals surface area (Å²) >= 11 is 3.60. The van der Waals surface area contributed by atoms with Gasteiger partial charge < -0.3 is 4.90 Å². The highest BCUT2D eigenvalue weighted by Gasteiger charge is 2.67. The molecule has 0 radical (unpaired) electrons. The van der Waals surface area contributed by atoms with Gasteiger partial charge in [-0.15, -0.1) is 0 Å². The van der Waals surface area contributed by atoms with Crippen LogP contribution in [0, 0.1) is 5.92 Å². The summed E-state index contributed by atoms with van der Waals surface area (Å²) < 4.78 is 0. The van der Waals surface area contributed by atoms with Crippen LogP contribution in [0.2, 0.25) is 0 Å². The predicted molar refractivity (Wildman–Crippen MR) is 102 cm³/mol. The lowest BCUT2D eigenvalue weighted by Crippen LogP contribution is -2.62. The molecule has 2 bridgehead atoms. The molecule has 4 atom stereocenters. The van der Waals surface area contributed by atoms with E-state index in [9.17, 15) is 4.79 Å². The number of hydrogen-bond donors (Lipinski definition) is 0. The van der Waals surface area contributed by atoms with Crippen molar-refractivity contribution in [1.29, 1.82) is 0 Å². The van der Waals surface area contributed by atoms with Gasteiger partial charge in [-0.05, 0) is 36.6 Å². The maximum atomic E-state index is 12.9. The molecule has 0 unspecified atom stereocenters. The third-order valence-corrected chi connectivity index (χ3v) is 7.71. The van der Waals surface area contributed by atoms with E-state index in [0.29, 0.717) is 18.4 Å². The van der Waals surface area contributed by atoms with Gasteiger partial charge in [0.1, 0.15) is 0 Å². The Bertz CT molecular complexity index is 859. The van der Waals surface area contributed by atoms with Gasteiger partial charge in [0.05, 0.1) is 6.04 Å². The zero-order chi connectivity index (χ0) is 16.8. The number of anilines is 1. The molecular weight excluding hydrogens is 376 g/mol. The molecular formula is C21H21BrN2O. The first-order valence-electron chi connectivity index (χ1n) is 9.36. The first kappa shape index (κ1) is 14.7. The standard InChI is InChI=1S/C21H21BrN2O/c22-9-7-13-12-23-10-8-21-16-3-1-2-4-17(16)24-19(25)6-5-14(20(21)24)15(13)11-18(21)23/h1-5,7,15,18,20H,6,8-12H2/b13-7-/t15-,18+,20+,21+/m0/s1. The van der Waals surface area contributed by atoms with Crippen LogP contribution >= 0.6 is 15.9 Å². The molecule has 3 fully saturated rings. The van der Waals surface area contributed by atoms with Gasteiger partial charge in [-0.2, -0.15) is 0 Å². The Balaban J connectivity index is 1.64. The molecule has 128 valence electrons. The normalized spacial score (nSPS) is 39.5. The number of hydrogen-bond acceptors (Lipinski definition) is 2. The number of carbonyl (C=O) groups excluding carboxylic acids is 1. The Morgan fingerprint density at radius 3 is 3.08 bits per heavy atom. The van der Waals surface area contributed by atoms with Crippen molar-refractivity contribution in [2.75, 3.05) is 23.3 Å². The topological polar surface area (TPSA) is 23.6 Å². The fourth-order valence-electron chi connectivity index (χ4n) is 6.60. The van der Waals surface area contributed by atoms with Crippen LogP contribution in [-0.2, 0) is 10.2 Å². The Hall–Kier alpha value is -1.39. The molecule has 0 aromatic heterocycles. The van der Waals surface area contributed by atoms with Crippen molar-refractivity contribution in [3.05, 3.63) is 53.1 Å². The smallest absolute Gasteiger partial charge is 0.231 e. The largest absolute Gasteiger partial charge is 0.304 e. The maximum Gasteiger partial charge on any atom is 0.231 e. The third-order valence-electron chi connectivity index (χ3n) is 7.39. The summed E-state index contributed by atoms with van der Waals surface area (Å²) in [5.41, 5.74) is 5.82. The van der Waals surface area contributed by atoms with E-state index in [-0.39, 0.29) is 17.4 Å². The Morgan fingerprint density at radius 1 is 1.32 bits per heavy atom. The van der Waals surface area contributed by atoms with Crippen molar-refractivity contribution >= 4 is 27.5 Å². The first-order valence-corrected chi connectivity index (χ1v) is 10.5. The van der Waals surface area contributed by atoms with Crippen molar-refractivity contribution in [1.82, 2.24) is 4.90 Å². The fraction of sp³-hybridized carbons (Fsp3) is 0.476. The highest BCUT2D eigenvalue weighted by Crippen LogP contribution is 2.63. The molecule has 1 amide bonds. The van der Waals surface area contributed by atoms with E-state index in [1.807, 2.05) is 0 Å². The van der Waals surface area contributed by atoms with Gasteiger partial charge in [0, 0.05) is 41.4 Å². The van der Waals surface area contributed by atoms with E-state index in [1.165, 1.54) is 29.7 Å². The number of fused-ring (bicyclic) bond motifs is 4. The molecule has 1 aliphatic carbocycles. The first-order chi connectivity index (χ1) is 12.3. The van der Waals surface area contributed by atoms with Crippen LogP contribution in [-0.4, -0.2) is 41.3 Å². The van der Waals surface area contributed by atoms with E-state index in [1.54, 1.807) is 5.57 Å². The number of alkyl halides is 1. The van der Waals surface area contributed by atoms with Crippen LogP contribution in [0.3, 0.4) is 0 Å². The Labute approximate surface area is 156 Å². The SMILES string of the molecule is O=C1CC=C2[C@H]3C[C@H]4N(CC[C@@]45c4ccccc4N1[C@H]25)C/C3=C/CBr. The van der Waals surface area contributed by atoms with E-state index in [0.717, 1.165) is 18.4 Å². The number of allylic oxidation sites excluding steroid dienone is 1. The van der Waals surface area contributed by atoms with Crippen molar-refractivity contribution in [2.24, 2.45) is 5.92 Å². The van der Waals surface area contributed by atoms with Gasteiger partial charge >= 0.3 is 0 Å². The number of carbonyl (C=O) groups is 1. The zero-order valence-corrected chi connectivity index (χ0v) is 15.7. The highest BCUT2D eigenvalue weighted by molar-refractivity contribution is 9.09. The van der Waals surface area contributed by atoms with Gasteiger partial charge in [0.15, 0.2) is 0 Å². The monoisotopic (exact) mass is 396 g/mol. The summed E-state index contributed by atoms with van der Waals surface area (Å²) in [6, 6.07) is 9.54. The molecule has 4 heterocycles. The van der Waals surface area contributed by atoms with E-state index in [4.69, 9.17) is 0 Å². The second-order valence-corrected chi connectivity index (χ2v) is 8.74. The van der Waals surface area contributed by atoms with Crippen molar-refractivity contribution < 1.29 is 4.79 Å². The highest BCUT2D eigenvalue weighted by atomic mass is 79.9. The van der Waals surface area contributed by atoms with Gasteiger partial charge in [0.25, 0.3) is 0 Å². The summed E-state index contributed by atoms with van der Waals surface area (Å²) in [4.78, 5) is 17.8. The summed E-state index contributed by atoms with van der Waals surface area (Å²) in [5, 5.41) is 0.920. The van der Waals surface area contributed by atoms with E-state index >= 15 is 0 Å². The molecule has 5 aliphatic rings. The molecule has 6 rings (SSSR count). The molecule has 25 heavy (non-hydrogen) atoms. The summed E-state index contributed by atoms with van der Waals surface area (Å²) in [5.74, 6) is 0.808. The average Bonchev–Trinajstić information content (AvgIpc) is 3.17. The van der Waals surface area contributed by atoms with Crippen molar-refractivity contribution in [2.45, 2.75) is 36.8 Å². The number of nitrogens with zero attached hydrogens (tertiary/aromatic N) is 2. The third kappa shape index (κ3) is 1.59. The molecule has 4 aliphatic heterocycles. The Morgan fingerprint density at radius 2 is 2.20 bits per heavy atom. The van der Waals surface area contributed by atoms with Gasteiger partial charge in [-0.1, -0.05) is 51.9 Å². The number of para-hydroxylation sites is 1. The van der Waals surface area contributed by atoms with Crippen molar-refractivity contribution in [3.8, 4) is 0 Å². The fourth-order valence-corrected chi connectivity index (χ4v) is 7.02. The van der Waals surface area contributed by atoms with Gasteiger partial charge in [-0.25, -0.2) is 0 Å². The van der Waals surface area contributed by atoms with Crippen molar-refractivity contribution in [3.63, 3.8) is 0 Å². The van der Waals surface area contributed by atoms with Crippen LogP contribution in [0.15, 0.2) is 47.6 Å². The maximum absolute atomic E-state index is 12.9. The lowest BCUT2D eigenvalue weighted by atomic mass is 9.57. The lowest BCUT2D eigenvalue weighted by Gasteiger charge is -2.54. The molecule has 3 nitrogen and oxygen atoms in total. The average molecular weight is 397 g/mol. The quantitative estimate of drug-likeness (QED) is 0.536. The number of halogens is 1. The minimum absolute atomic E-state index is 0.120.